The van der Waals surface area contributed by atoms with Crippen LogP contribution < -0.4 is 5.32 Å². The molecule has 0 aliphatic rings. The summed E-state index contributed by atoms with van der Waals surface area (Å²) in [5.41, 5.74) is 0. The molecule has 0 aromatic rings. The van der Waals surface area contributed by atoms with Crippen LogP contribution in [0.1, 0.15) is 393 Å². The Labute approximate surface area is 494 Å². The van der Waals surface area contributed by atoms with Gasteiger partial charge in [0.25, 0.3) is 0 Å². The molecule has 0 radical (unpaired) electrons. The van der Waals surface area contributed by atoms with E-state index in [-0.39, 0.29) is 18.5 Å². The van der Waals surface area contributed by atoms with Crippen molar-refractivity contribution in [3.8, 4) is 0 Å². The molecule has 0 aliphatic carbocycles. The van der Waals surface area contributed by atoms with Crippen LogP contribution in [-0.4, -0.2) is 47.4 Å². The second-order valence-electron chi connectivity index (χ2n) is 24.6. The third-order valence-electron chi connectivity index (χ3n) is 16.7. The fourth-order valence-corrected chi connectivity index (χ4v) is 11.2. The number of amides is 1. The highest BCUT2D eigenvalue weighted by Crippen LogP contribution is 2.19. The van der Waals surface area contributed by atoms with Crippen molar-refractivity contribution in [2.45, 2.75) is 405 Å². The van der Waals surface area contributed by atoms with Crippen LogP contribution in [0.2, 0.25) is 0 Å². The molecule has 0 aromatic carbocycles. The number of carbonyl (C=O) groups is 2. The van der Waals surface area contributed by atoms with Crippen LogP contribution in [0.4, 0.5) is 0 Å². The first-order valence-electron chi connectivity index (χ1n) is 35.7. The Bertz CT molecular complexity index is 1280. The highest BCUT2D eigenvalue weighted by atomic mass is 16.5. The first-order chi connectivity index (χ1) is 39.0. The van der Waals surface area contributed by atoms with Crippen LogP contribution in [0.3, 0.4) is 0 Å². The van der Waals surface area contributed by atoms with E-state index in [1.54, 1.807) is 0 Å². The molecule has 0 aliphatic heterocycles. The lowest BCUT2D eigenvalue weighted by Crippen LogP contribution is -2.45. The molecule has 0 rings (SSSR count). The van der Waals surface area contributed by atoms with E-state index in [2.05, 4.69) is 55.6 Å². The predicted octanol–water partition coefficient (Wildman–Crippen LogP) is 23.1. The molecule has 0 aromatic heterocycles. The summed E-state index contributed by atoms with van der Waals surface area (Å²) in [7, 11) is 0. The van der Waals surface area contributed by atoms with Crippen molar-refractivity contribution in [3.63, 3.8) is 0 Å². The van der Waals surface area contributed by atoms with Crippen molar-refractivity contribution in [3.05, 3.63) is 36.5 Å². The molecule has 6 nitrogen and oxygen atoms in total. The largest absolute Gasteiger partial charge is 0.466 e. The fraction of sp³-hybridized carbons (Fsp3) is 0.890. The average molecular weight is 1110 g/mol. The molecule has 0 bridgehead atoms. The van der Waals surface area contributed by atoms with Gasteiger partial charge in [0.15, 0.2) is 0 Å². The highest BCUT2D eigenvalue weighted by molar-refractivity contribution is 5.76. The van der Waals surface area contributed by atoms with Gasteiger partial charge in [-0.15, -0.1) is 0 Å². The summed E-state index contributed by atoms with van der Waals surface area (Å²) in [6, 6.07) is -0.548. The molecule has 6 heteroatoms. The Morgan fingerprint density at radius 2 is 0.633 bits per heavy atom. The second kappa shape index (κ2) is 68.6. The van der Waals surface area contributed by atoms with Gasteiger partial charge in [-0.2, -0.15) is 0 Å². The molecule has 466 valence electrons. The number of unbranched alkanes of at least 4 members (excludes halogenated alkanes) is 50. The van der Waals surface area contributed by atoms with Crippen molar-refractivity contribution < 1.29 is 24.5 Å². The third kappa shape index (κ3) is 65.1. The van der Waals surface area contributed by atoms with Gasteiger partial charge in [-0.3, -0.25) is 9.59 Å². The normalized spacial score (nSPS) is 12.7. The van der Waals surface area contributed by atoms with Crippen LogP contribution in [0.25, 0.3) is 0 Å². The van der Waals surface area contributed by atoms with Gasteiger partial charge in [0.2, 0.25) is 5.91 Å². The van der Waals surface area contributed by atoms with Crippen molar-refractivity contribution in [1.82, 2.24) is 5.32 Å². The van der Waals surface area contributed by atoms with E-state index in [0.29, 0.717) is 25.9 Å². The van der Waals surface area contributed by atoms with Gasteiger partial charge in [-0.05, 0) is 83.5 Å². The number of nitrogens with one attached hydrogen (secondary N) is 1. The molecule has 2 atom stereocenters. The Morgan fingerprint density at radius 3 is 1.00 bits per heavy atom. The number of esters is 1. The number of rotatable bonds is 67. The zero-order valence-electron chi connectivity index (χ0n) is 53.4. The summed E-state index contributed by atoms with van der Waals surface area (Å²) in [5.74, 6) is -0.0391. The van der Waals surface area contributed by atoms with E-state index < -0.39 is 12.1 Å². The van der Waals surface area contributed by atoms with Gasteiger partial charge in [-0.1, -0.05) is 333 Å². The molecule has 3 N–H and O–H groups in total. The number of allylic oxidation sites excluding steroid dienone is 6. The minimum absolute atomic E-state index is 0.00184. The number of aliphatic hydroxyl groups is 2. The number of hydrogen-bond acceptors (Lipinski definition) is 5. The Hall–Kier alpha value is -1.92. The van der Waals surface area contributed by atoms with Crippen molar-refractivity contribution >= 4 is 11.9 Å². The summed E-state index contributed by atoms with van der Waals surface area (Å²) < 4.78 is 5.48. The number of aliphatic hydroxyl groups excluding tert-OH is 2. The van der Waals surface area contributed by atoms with Gasteiger partial charge in [0.1, 0.15) is 0 Å². The molecular weight excluding hydrogens is 971 g/mol. The van der Waals surface area contributed by atoms with Gasteiger partial charge < -0.3 is 20.3 Å². The smallest absolute Gasteiger partial charge is 0.305 e. The summed E-state index contributed by atoms with van der Waals surface area (Å²) in [6.45, 7) is 4.95. The number of carbonyl (C=O) groups excluding carboxylic acids is 2. The fourth-order valence-electron chi connectivity index (χ4n) is 11.2. The minimum Gasteiger partial charge on any atom is -0.466 e. The zero-order valence-corrected chi connectivity index (χ0v) is 53.4. The molecule has 2 unspecified atom stereocenters. The van der Waals surface area contributed by atoms with E-state index in [1.165, 1.54) is 308 Å². The first-order valence-corrected chi connectivity index (χ1v) is 35.7. The van der Waals surface area contributed by atoms with Gasteiger partial charge in [0, 0.05) is 12.8 Å². The molecule has 79 heavy (non-hydrogen) atoms. The van der Waals surface area contributed by atoms with Gasteiger partial charge in [-0.25, -0.2) is 0 Å². The van der Waals surface area contributed by atoms with Crippen LogP contribution >= 0.6 is 0 Å². The topological polar surface area (TPSA) is 95.9 Å². The summed E-state index contributed by atoms with van der Waals surface area (Å²) in [5, 5.41) is 23.4. The SMILES string of the molecule is CCCCC/C=C\C/C=C\CCCCCCCC(=O)OCCCCCCCCCCCCCC/C=C\CCCCCCCCCC(=O)NC(CO)C(O)CCCCCCCCCCCCCCCCCCCCCCCCCC. The van der Waals surface area contributed by atoms with Gasteiger partial charge >= 0.3 is 5.97 Å². The van der Waals surface area contributed by atoms with Crippen LogP contribution in [0.5, 0.6) is 0 Å². The Morgan fingerprint density at radius 1 is 0.354 bits per heavy atom. The Kier molecular flexibility index (Phi) is 66.9. The van der Waals surface area contributed by atoms with E-state index in [9.17, 15) is 19.8 Å². The lowest BCUT2D eigenvalue weighted by atomic mass is 10.0. The second-order valence-corrected chi connectivity index (χ2v) is 24.6. The van der Waals surface area contributed by atoms with E-state index in [4.69, 9.17) is 4.74 Å². The lowest BCUT2D eigenvalue weighted by molar-refractivity contribution is -0.143. The highest BCUT2D eigenvalue weighted by Gasteiger charge is 2.20. The van der Waals surface area contributed by atoms with Crippen molar-refractivity contribution in [1.29, 1.82) is 0 Å². The third-order valence-corrected chi connectivity index (χ3v) is 16.7. The van der Waals surface area contributed by atoms with Crippen molar-refractivity contribution in [2.24, 2.45) is 0 Å². The molecule has 0 saturated carbocycles. The molecule has 0 spiro atoms. The van der Waals surface area contributed by atoms with Crippen LogP contribution in [-0.2, 0) is 14.3 Å². The van der Waals surface area contributed by atoms with E-state index >= 15 is 0 Å². The van der Waals surface area contributed by atoms with Gasteiger partial charge in [0.05, 0.1) is 25.4 Å². The average Bonchev–Trinajstić information content (AvgIpc) is 3.45. The Balaban J connectivity index is 3.41. The summed E-state index contributed by atoms with van der Waals surface area (Å²) in [6.07, 6.45) is 87.6. The minimum atomic E-state index is -0.670. The number of hydrogen-bond donors (Lipinski definition) is 3. The molecular formula is C73H139NO5. The standard InChI is InChI=1S/C73H139NO5/c1-3-5-7-9-11-13-15-17-19-20-21-22-23-25-28-31-34-38-41-45-49-53-57-61-65-71(76)70(69-75)74-72(77)66-62-58-54-50-46-42-39-35-32-29-26-24-27-30-33-36-40-44-48-52-56-60-64-68-79-73(78)67-63-59-55-51-47-43-37-18-16-14-12-10-8-6-4-2/h12,14,18,29,32,37,70-71,75-76H,3-11,13,15-17,19-28,30-31,33-36,38-69H2,1-2H3,(H,74,77)/b14-12-,32-29-,37-18-. The van der Waals surface area contributed by atoms with Crippen LogP contribution in [0.15, 0.2) is 36.5 Å². The predicted molar refractivity (Wildman–Crippen MR) is 347 cm³/mol. The summed E-state index contributed by atoms with van der Waals surface area (Å²) in [4.78, 5) is 24.6. The molecule has 1 amide bonds. The van der Waals surface area contributed by atoms with Crippen molar-refractivity contribution in [2.75, 3.05) is 13.2 Å². The molecule has 0 saturated heterocycles. The number of ether oxygens (including phenoxy) is 1. The monoisotopic (exact) mass is 1110 g/mol. The van der Waals surface area contributed by atoms with E-state index in [1.807, 2.05) is 0 Å². The van der Waals surface area contributed by atoms with E-state index in [0.717, 1.165) is 51.4 Å². The maximum Gasteiger partial charge on any atom is 0.305 e. The van der Waals surface area contributed by atoms with Crippen LogP contribution in [0, 0.1) is 0 Å². The maximum absolute atomic E-state index is 12.6. The molecule has 0 heterocycles. The zero-order chi connectivity index (χ0) is 57.1. The lowest BCUT2D eigenvalue weighted by Gasteiger charge is -2.22. The summed E-state index contributed by atoms with van der Waals surface area (Å²) >= 11 is 0. The maximum atomic E-state index is 12.6. The first kappa shape index (κ1) is 77.1. The molecule has 0 fully saturated rings. The quantitative estimate of drug-likeness (QED) is 0.0320.